The van der Waals surface area contributed by atoms with Crippen molar-refractivity contribution >= 4 is 11.7 Å². The van der Waals surface area contributed by atoms with E-state index in [1.54, 1.807) is 4.68 Å². The smallest absolute Gasteiger partial charge is 0.240 e. The number of aryl methyl sites for hydroxylation is 2. The van der Waals surface area contributed by atoms with Gasteiger partial charge in [-0.15, -0.1) is 0 Å². The molecule has 0 spiro atoms. The van der Waals surface area contributed by atoms with Gasteiger partial charge in [0.2, 0.25) is 5.91 Å². The number of amides is 1. The Hall–Kier alpha value is -1.56. The van der Waals surface area contributed by atoms with E-state index in [9.17, 15) is 4.79 Å². The molecule has 1 atom stereocenters. The highest BCUT2D eigenvalue weighted by Crippen LogP contribution is 2.29. The molecule has 6 heteroatoms. The van der Waals surface area contributed by atoms with E-state index in [-0.39, 0.29) is 11.9 Å². The number of hydrogen-bond acceptors (Lipinski definition) is 4. The molecule has 0 radical (unpaired) electrons. The summed E-state index contributed by atoms with van der Waals surface area (Å²) in [7, 11) is 1.87. The van der Waals surface area contributed by atoms with Crippen LogP contribution in [-0.2, 0) is 18.4 Å². The fraction of sp³-hybridized carbons (Fsp3) is 0.636. The largest absolute Gasteiger partial charge is 0.368 e. The average molecular weight is 237 g/mol. The van der Waals surface area contributed by atoms with Gasteiger partial charge in [-0.3, -0.25) is 9.48 Å². The van der Waals surface area contributed by atoms with Gasteiger partial charge in [0.15, 0.2) is 0 Å². The minimum absolute atomic E-state index is 0.227. The van der Waals surface area contributed by atoms with Crippen molar-refractivity contribution in [1.29, 1.82) is 0 Å². The molecule has 2 rings (SSSR count). The molecule has 1 saturated heterocycles. The first-order valence-electron chi connectivity index (χ1n) is 5.84. The van der Waals surface area contributed by atoms with Crippen molar-refractivity contribution in [2.24, 2.45) is 18.5 Å². The summed E-state index contributed by atoms with van der Waals surface area (Å²) in [6.45, 7) is 3.19. The SMILES string of the molecule is Cc1nn(C)c(N2CCCC2C(N)=O)c1CN. The van der Waals surface area contributed by atoms with Crippen LogP contribution in [0.1, 0.15) is 24.1 Å². The molecule has 0 aromatic carbocycles. The van der Waals surface area contributed by atoms with Crippen LogP contribution in [-0.4, -0.2) is 28.3 Å². The van der Waals surface area contributed by atoms with Crippen molar-refractivity contribution in [3.63, 3.8) is 0 Å². The van der Waals surface area contributed by atoms with Crippen molar-refractivity contribution in [2.45, 2.75) is 32.4 Å². The predicted molar refractivity (Wildman–Crippen MR) is 65.4 cm³/mol. The zero-order valence-corrected chi connectivity index (χ0v) is 10.3. The number of primary amides is 1. The number of nitrogens with two attached hydrogens (primary N) is 2. The van der Waals surface area contributed by atoms with Crippen LogP contribution in [0.2, 0.25) is 0 Å². The van der Waals surface area contributed by atoms with Gasteiger partial charge in [0.1, 0.15) is 11.9 Å². The molecule has 0 saturated carbocycles. The third-order valence-electron chi connectivity index (χ3n) is 3.37. The maximum absolute atomic E-state index is 11.4. The number of carbonyl (C=O) groups is 1. The molecule has 4 N–H and O–H groups in total. The zero-order chi connectivity index (χ0) is 12.6. The Bertz CT molecular complexity index is 439. The number of nitrogens with zero attached hydrogens (tertiary/aromatic N) is 3. The normalized spacial score (nSPS) is 19.9. The lowest BCUT2D eigenvalue weighted by Gasteiger charge is -2.25. The molecule has 1 amide bonds. The minimum Gasteiger partial charge on any atom is -0.368 e. The molecular formula is C11H19N5O. The van der Waals surface area contributed by atoms with Gasteiger partial charge in [-0.05, 0) is 19.8 Å². The topological polar surface area (TPSA) is 90.2 Å². The Morgan fingerprint density at radius 2 is 2.29 bits per heavy atom. The first kappa shape index (κ1) is 11.9. The van der Waals surface area contributed by atoms with Crippen molar-refractivity contribution in [3.05, 3.63) is 11.3 Å². The molecule has 1 fully saturated rings. The number of hydrogen-bond donors (Lipinski definition) is 2. The van der Waals surface area contributed by atoms with Gasteiger partial charge in [0.25, 0.3) is 0 Å². The summed E-state index contributed by atoms with van der Waals surface area (Å²) >= 11 is 0. The lowest BCUT2D eigenvalue weighted by atomic mass is 10.2. The summed E-state index contributed by atoms with van der Waals surface area (Å²) in [5, 5.41) is 4.36. The van der Waals surface area contributed by atoms with Crippen molar-refractivity contribution in [1.82, 2.24) is 9.78 Å². The summed E-state index contributed by atoms with van der Waals surface area (Å²) in [5.74, 6) is 0.663. The molecule has 0 aliphatic carbocycles. The van der Waals surface area contributed by atoms with Crippen molar-refractivity contribution in [3.8, 4) is 0 Å². The third-order valence-corrected chi connectivity index (χ3v) is 3.37. The Morgan fingerprint density at radius 3 is 2.88 bits per heavy atom. The summed E-state index contributed by atoms with van der Waals surface area (Å²) in [4.78, 5) is 13.5. The van der Waals surface area contributed by atoms with E-state index < -0.39 is 0 Å². The molecule has 1 aliphatic rings. The van der Waals surface area contributed by atoms with Gasteiger partial charge in [-0.1, -0.05) is 0 Å². The highest BCUT2D eigenvalue weighted by molar-refractivity contribution is 5.84. The molecule has 2 heterocycles. The second kappa shape index (κ2) is 4.37. The van der Waals surface area contributed by atoms with E-state index in [1.165, 1.54) is 0 Å². The van der Waals surface area contributed by atoms with Crippen LogP contribution in [0.3, 0.4) is 0 Å². The lowest BCUT2D eigenvalue weighted by molar-refractivity contribution is -0.119. The molecule has 1 unspecified atom stereocenters. The summed E-state index contributed by atoms with van der Waals surface area (Å²) in [6, 6.07) is -0.227. The van der Waals surface area contributed by atoms with E-state index in [2.05, 4.69) is 5.10 Å². The van der Waals surface area contributed by atoms with Gasteiger partial charge in [0, 0.05) is 25.7 Å². The molecular weight excluding hydrogens is 218 g/mol. The van der Waals surface area contributed by atoms with Gasteiger partial charge in [0.05, 0.1) is 5.69 Å². The van der Waals surface area contributed by atoms with Crippen LogP contribution < -0.4 is 16.4 Å². The van der Waals surface area contributed by atoms with Crippen LogP contribution in [0.4, 0.5) is 5.82 Å². The molecule has 1 aliphatic heterocycles. The van der Waals surface area contributed by atoms with Crippen LogP contribution in [0.25, 0.3) is 0 Å². The summed E-state index contributed by atoms with van der Waals surface area (Å²) < 4.78 is 1.79. The molecule has 0 bridgehead atoms. The molecule has 94 valence electrons. The Kier molecular flexibility index (Phi) is 3.06. The number of aromatic nitrogens is 2. The first-order chi connectivity index (χ1) is 8.06. The van der Waals surface area contributed by atoms with Crippen LogP contribution in [0, 0.1) is 6.92 Å². The van der Waals surface area contributed by atoms with Gasteiger partial charge in [-0.25, -0.2) is 0 Å². The number of anilines is 1. The van der Waals surface area contributed by atoms with E-state index in [1.807, 2.05) is 18.9 Å². The molecule has 17 heavy (non-hydrogen) atoms. The molecule has 6 nitrogen and oxygen atoms in total. The number of carbonyl (C=O) groups excluding carboxylic acids is 1. The maximum atomic E-state index is 11.4. The minimum atomic E-state index is -0.274. The van der Waals surface area contributed by atoms with Crippen molar-refractivity contribution in [2.75, 3.05) is 11.4 Å². The zero-order valence-electron chi connectivity index (χ0n) is 10.3. The molecule has 1 aromatic heterocycles. The quantitative estimate of drug-likeness (QED) is 0.751. The second-order valence-electron chi connectivity index (χ2n) is 4.47. The van der Waals surface area contributed by atoms with Crippen molar-refractivity contribution < 1.29 is 4.79 Å². The van der Waals surface area contributed by atoms with E-state index in [0.717, 1.165) is 36.5 Å². The monoisotopic (exact) mass is 237 g/mol. The highest BCUT2D eigenvalue weighted by Gasteiger charge is 2.32. The van der Waals surface area contributed by atoms with Crippen LogP contribution in [0.5, 0.6) is 0 Å². The Balaban J connectivity index is 2.42. The summed E-state index contributed by atoms with van der Waals surface area (Å²) in [6.07, 6.45) is 1.78. The van der Waals surface area contributed by atoms with E-state index >= 15 is 0 Å². The van der Waals surface area contributed by atoms with Gasteiger partial charge < -0.3 is 16.4 Å². The standard InChI is InChI=1S/C11H19N5O/c1-7-8(6-12)11(15(2)14-7)16-5-3-4-9(16)10(13)17/h9H,3-6,12H2,1-2H3,(H2,13,17). The fourth-order valence-electron chi connectivity index (χ4n) is 2.60. The fourth-order valence-corrected chi connectivity index (χ4v) is 2.60. The average Bonchev–Trinajstić information content (AvgIpc) is 2.81. The van der Waals surface area contributed by atoms with Crippen LogP contribution >= 0.6 is 0 Å². The highest BCUT2D eigenvalue weighted by atomic mass is 16.1. The predicted octanol–water partition coefficient (Wildman–Crippen LogP) is -0.359. The van der Waals surface area contributed by atoms with E-state index in [4.69, 9.17) is 11.5 Å². The molecule has 1 aromatic rings. The maximum Gasteiger partial charge on any atom is 0.240 e. The first-order valence-corrected chi connectivity index (χ1v) is 5.84. The Labute approximate surface area is 101 Å². The Morgan fingerprint density at radius 1 is 1.59 bits per heavy atom. The third kappa shape index (κ3) is 1.88. The van der Waals surface area contributed by atoms with Crippen LogP contribution in [0.15, 0.2) is 0 Å². The second-order valence-corrected chi connectivity index (χ2v) is 4.47. The summed E-state index contributed by atoms with van der Waals surface area (Å²) in [5.41, 5.74) is 13.1. The van der Waals surface area contributed by atoms with Gasteiger partial charge >= 0.3 is 0 Å². The van der Waals surface area contributed by atoms with Gasteiger partial charge in [-0.2, -0.15) is 5.10 Å². The number of rotatable bonds is 3. The lowest BCUT2D eigenvalue weighted by Crippen LogP contribution is -2.41. The van der Waals surface area contributed by atoms with E-state index in [0.29, 0.717) is 6.54 Å².